The Balaban J connectivity index is 1.40. The number of carbonyl (C=O) groups is 1. The topological polar surface area (TPSA) is 51.9 Å². The molecule has 1 N–H and O–H groups in total. The predicted octanol–water partition coefficient (Wildman–Crippen LogP) is 3.26. The summed E-state index contributed by atoms with van der Waals surface area (Å²) in [5.74, 6) is 0.00419. The monoisotopic (exact) mass is 334 g/mol. The Morgan fingerprint density at radius 2 is 1.92 bits per heavy atom. The lowest BCUT2D eigenvalue weighted by Gasteiger charge is -2.22. The first kappa shape index (κ1) is 15.7. The molecule has 1 aliphatic rings. The molecule has 5 nitrogen and oxygen atoms in total. The van der Waals surface area contributed by atoms with Crippen molar-refractivity contribution in [2.45, 2.75) is 37.9 Å². The third kappa shape index (κ3) is 3.50. The Kier molecular flexibility index (Phi) is 4.37. The highest BCUT2D eigenvalue weighted by Crippen LogP contribution is 2.30. The lowest BCUT2D eigenvalue weighted by molar-refractivity contribution is 0.0929. The Hall–Kier alpha value is -2.82. The molecule has 0 radical (unpaired) electrons. The van der Waals surface area contributed by atoms with Gasteiger partial charge in [0, 0.05) is 42.9 Å². The summed E-state index contributed by atoms with van der Waals surface area (Å²) < 4.78 is 4.22. The molecule has 1 fully saturated rings. The molecule has 128 valence electrons. The molecule has 25 heavy (non-hydrogen) atoms. The van der Waals surface area contributed by atoms with Crippen molar-refractivity contribution in [2.75, 3.05) is 0 Å². The fourth-order valence-corrected chi connectivity index (χ4v) is 3.63. The molecule has 0 saturated heterocycles. The number of carbonyl (C=O) groups excluding carboxylic acids is 1. The van der Waals surface area contributed by atoms with E-state index in [-0.39, 0.29) is 11.9 Å². The van der Waals surface area contributed by atoms with Crippen LogP contribution in [0, 0.1) is 0 Å². The van der Waals surface area contributed by atoms with E-state index in [0.29, 0.717) is 11.6 Å². The van der Waals surface area contributed by atoms with Crippen LogP contribution in [0.1, 0.15) is 41.2 Å². The zero-order valence-electron chi connectivity index (χ0n) is 14.1. The second-order valence-corrected chi connectivity index (χ2v) is 6.64. The van der Waals surface area contributed by atoms with Crippen molar-refractivity contribution in [2.24, 2.45) is 0 Å². The van der Waals surface area contributed by atoms with Crippen molar-refractivity contribution < 1.29 is 4.79 Å². The standard InChI is InChI=1S/C20H22N4O/c25-20(22-18-4-3-5-19(18)24-13-10-21-15-24)17-8-6-16(7-9-17)14-23-11-1-2-12-23/h1-2,6-13,15,18-19H,3-5,14H2,(H,22,25)/t18-,19-/m1/s1. The van der Waals surface area contributed by atoms with Gasteiger partial charge in [-0.15, -0.1) is 0 Å². The van der Waals surface area contributed by atoms with Crippen LogP contribution in [0.15, 0.2) is 67.5 Å². The number of benzene rings is 1. The molecular formula is C20H22N4O. The maximum atomic E-state index is 12.6. The molecule has 1 saturated carbocycles. The van der Waals surface area contributed by atoms with Gasteiger partial charge in [0.05, 0.1) is 12.4 Å². The van der Waals surface area contributed by atoms with Gasteiger partial charge in [-0.3, -0.25) is 4.79 Å². The highest BCUT2D eigenvalue weighted by molar-refractivity contribution is 5.94. The third-order valence-electron chi connectivity index (χ3n) is 4.95. The number of hydrogen-bond acceptors (Lipinski definition) is 2. The van der Waals surface area contributed by atoms with Gasteiger partial charge >= 0.3 is 0 Å². The van der Waals surface area contributed by atoms with Crippen LogP contribution in [0.4, 0.5) is 0 Å². The largest absolute Gasteiger partial charge is 0.350 e. The predicted molar refractivity (Wildman–Crippen MR) is 96.3 cm³/mol. The third-order valence-corrected chi connectivity index (χ3v) is 4.95. The van der Waals surface area contributed by atoms with E-state index in [1.807, 2.05) is 61.3 Å². The zero-order valence-corrected chi connectivity index (χ0v) is 14.1. The van der Waals surface area contributed by atoms with E-state index in [1.54, 1.807) is 6.20 Å². The summed E-state index contributed by atoms with van der Waals surface area (Å²) in [6.07, 6.45) is 12.9. The molecule has 1 aromatic carbocycles. The lowest BCUT2D eigenvalue weighted by atomic mass is 10.1. The number of amides is 1. The molecule has 0 aliphatic heterocycles. The van der Waals surface area contributed by atoms with Crippen LogP contribution in [0.2, 0.25) is 0 Å². The highest BCUT2D eigenvalue weighted by Gasteiger charge is 2.29. The minimum Gasteiger partial charge on any atom is -0.350 e. The van der Waals surface area contributed by atoms with Crippen LogP contribution in [0.5, 0.6) is 0 Å². The number of imidazole rings is 1. The molecule has 5 heteroatoms. The minimum absolute atomic E-state index is 0.00419. The first-order valence-corrected chi connectivity index (χ1v) is 8.77. The molecule has 2 heterocycles. The van der Waals surface area contributed by atoms with Crippen LogP contribution in [-0.4, -0.2) is 26.1 Å². The molecular weight excluding hydrogens is 312 g/mol. The summed E-state index contributed by atoms with van der Waals surface area (Å²) in [7, 11) is 0. The molecule has 4 rings (SSSR count). The number of aromatic nitrogens is 3. The number of nitrogens with one attached hydrogen (secondary N) is 1. The van der Waals surface area contributed by atoms with Crippen molar-refractivity contribution in [1.29, 1.82) is 0 Å². The zero-order chi connectivity index (χ0) is 17.1. The maximum absolute atomic E-state index is 12.6. The number of nitrogens with zero attached hydrogens (tertiary/aromatic N) is 3. The van der Waals surface area contributed by atoms with Crippen LogP contribution >= 0.6 is 0 Å². The van der Waals surface area contributed by atoms with Gasteiger partial charge < -0.3 is 14.5 Å². The highest BCUT2D eigenvalue weighted by atomic mass is 16.1. The van der Waals surface area contributed by atoms with Crippen LogP contribution in [0.25, 0.3) is 0 Å². The van der Waals surface area contributed by atoms with E-state index in [0.717, 1.165) is 25.8 Å². The summed E-state index contributed by atoms with van der Waals surface area (Å²) in [6.45, 7) is 0.820. The van der Waals surface area contributed by atoms with Crippen molar-refractivity contribution in [3.63, 3.8) is 0 Å². The van der Waals surface area contributed by atoms with Crippen LogP contribution in [0.3, 0.4) is 0 Å². The first-order valence-electron chi connectivity index (χ1n) is 8.77. The van der Waals surface area contributed by atoms with Gasteiger partial charge in [0.2, 0.25) is 0 Å². The Bertz CT molecular complexity index is 806. The summed E-state index contributed by atoms with van der Waals surface area (Å²) in [6, 6.07) is 12.4. The first-order chi connectivity index (χ1) is 12.3. The van der Waals surface area contributed by atoms with Crippen molar-refractivity contribution in [3.8, 4) is 0 Å². The normalized spacial score (nSPS) is 19.8. The second kappa shape index (κ2) is 6.97. The summed E-state index contributed by atoms with van der Waals surface area (Å²) in [4.78, 5) is 16.7. The van der Waals surface area contributed by atoms with Gasteiger partial charge in [-0.05, 0) is 49.1 Å². The van der Waals surface area contributed by atoms with Crippen molar-refractivity contribution in [1.82, 2.24) is 19.4 Å². The van der Waals surface area contributed by atoms with Crippen molar-refractivity contribution in [3.05, 3.63) is 78.6 Å². The van der Waals surface area contributed by atoms with Gasteiger partial charge in [-0.2, -0.15) is 0 Å². The van der Waals surface area contributed by atoms with E-state index in [1.165, 1.54) is 5.56 Å². The van der Waals surface area contributed by atoms with E-state index in [2.05, 4.69) is 19.4 Å². The number of hydrogen-bond donors (Lipinski definition) is 1. The molecule has 1 aliphatic carbocycles. The van der Waals surface area contributed by atoms with Gasteiger partial charge in [0.1, 0.15) is 0 Å². The summed E-state index contributed by atoms with van der Waals surface area (Å²) in [5, 5.41) is 3.21. The average molecular weight is 334 g/mol. The molecule has 2 aromatic heterocycles. The van der Waals surface area contributed by atoms with Gasteiger partial charge in [0.25, 0.3) is 5.91 Å². The lowest BCUT2D eigenvalue weighted by Crippen LogP contribution is -2.38. The molecule has 2 atom stereocenters. The van der Waals surface area contributed by atoms with Crippen LogP contribution in [-0.2, 0) is 6.54 Å². The SMILES string of the molecule is O=C(N[C@@H]1CCC[C@H]1n1ccnc1)c1ccc(Cn2cccc2)cc1. The Morgan fingerprint density at radius 3 is 2.64 bits per heavy atom. The molecule has 0 spiro atoms. The fraction of sp³-hybridized carbons (Fsp3) is 0.300. The van der Waals surface area contributed by atoms with Gasteiger partial charge in [0.15, 0.2) is 0 Å². The van der Waals surface area contributed by atoms with Crippen LogP contribution < -0.4 is 5.32 Å². The minimum atomic E-state index is 0.00419. The Morgan fingerprint density at radius 1 is 1.12 bits per heavy atom. The van der Waals surface area contributed by atoms with E-state index in [4.69, 9.17) is 0 Å². The van der Waals surface area contributed by atoms with Crippen molar-refractivity contribution >= 4 is 5.91 Å². The maximum Gasteiger partial charge on any atom is 0.251 e. The summed E-state index contributed by atoms with van der Waals surface area (Å²) >= 11 is 0. The molecule has 3 aromatic rings. The molecule has 0 bridgehead atoms. The summed E-state index contributed by atoms with van der Waals surface area (Å²) in [5.41, 5.74) is 1.90. The van der Waals surface area contributed by atoms with E-state index in [9.17, 15) is 4.79 Å². The fourth-order valence-electron chi connectivity index (χ4n) is 3.63. The van der Waals surface area contributed by atoms with E-state index >= 15 is 0 Å². The smallest absolute Gasteiger partial charge is 0.251 e. The second-order valence-electron chi connectivity index (χ2n) is 6.64. The molecule has 1 amide bonds. The average Bonchev–Trinajstić information content (AvgIpc) is 3.38. The number of rotatable bonds is 5. The Labute approximate surface area is 147 Å². The van der Waals surface area contributed by atoms with E-state index < -0.39 is 0 Å². The quantitative estimate of drug-likeness (QED) is 0.779. The van der Waals surface area contributed by atoms with Gasteiger partial charge in [-0.1, -0.05) is 12.1 Å². The van der Waals surface area contributed by atoms with Gasteiger partial charge in [-0.25, -0.2) is 4.98 Å². The molecule has 0 unspecified atom stereocenters.